The van der Waals surface area contributed by atoms with Crippen molar-refractivity contribution in [3.8, 4) is 22.8 Å². The Morgan fingerprint density at radius 2 is 2.04 bits per heavy atom. The number of phenolic OH excluding ortho intramolecular Hbond substituents is 1. The molecule has 0 aliphatic rings. The maximum atomic E-state index is 11.8. The van der Waals surface area contributed by atoms with Crippen LogP contribution >= 0.6 is 0 Å². The molecule has 3 aromatic rings. The number of primary amides is 1. The number of carbonyl (C=O) groups is 1. The Morgan fingerprint density at radius 1 is 1.23 bits per heavy atom. The van der Waals surface area contributed by atoms with E-state index in [-0.39, 0.29) is 17.6 Å². The van der Waals surface area contributed by atoms with Gasteiger partial charge in [-0.15, -0.1) is 0 Å². The number of aromatic hydroxyl groups is 1. The molecule has 1 atom stereocenters. The monoisotopic (exact) mass is 353 g/mol. The molecule has 0 bridgehead atoms. The third kappa shape index (κ3) is 3.52. The molecule has 1 unspecified atom stereocenters. The molecule has 5 nitrogen and oxygen atoms in total. The van der Waals surface area contributed by atoms with Gasteiger partial charge >= 0.3 is 0 Å². The zero-order valence-electron chi connectivity index (χ0n) is 15.0. The lowest BCUT2D eigenvalue weighted by Gasteiger charge is -2.13. The quantitative estimate of drug-likeness (QED) is 0.651. The van der Waals surface area contributed by atoms with Gasteiger partial charge in [-0.05, 0) is 48.4 Å². The average molecular weight is 353 g/mol. The molecule has 1 heterocycles. The Balaban J connectivity index is 1.98. The van der Waals surface area contributed by atoms with E-state index >= 15 is 0 Å². The number of carbonyl (C=O) groups excluding carboxylic acids is 1. The van der Waals surface area contributed by atoms with E-state index < -0.39 is 0 Å². The molecule has 0 saturated heterocycles. The fraction of sp³-hybridized carbons (Fsp3) is 0.286. The number of methoxy groups -OCH3 is 1. The van der Waals surface area contributed by atoms with Gasteiger partial charge in [-0.25, -0.2) is 0 Å². The number of rotatable bonds is 7. The summed E-state index contributed by atoms with van der Waals surface area (Å²) in [6.07, 6.45) is 2.72. The molecular weight excluding hydrogens is 330 g/mol. The summed E-state index contributed by atoms with van der Waals surface area (Å²) in [6.45, 7) is 2.09. The fourth-order valence-electron chi connectivity index (χ4n) is 3.13. The SMILES string of the molecule is CCCCC(C(N)=O)c1ccc2oc(-c3ccc(O)c(OC)c3)cc2c1. The molecule has 5 heteroatoms. The van der Waals surface area contributed by atoms with Crippen LogP contribution in [0.5, 0.6) is 11.5 Å². The van der Waals surface area contributed by atoms with E-state index in [1.165, 1.54) is 7.11 Å². The Labute approximate surface area is 152 Å². The first-order valence-electron chi connectivity index (χ1n) is 8.73. The zero-order chi connectivity index (χ0) is 18.7. The van der Waals surface area contributed by atoms with Crippen molar-refractivity contribution >= 4 is 16.9 Å². The van der Waals surface area contributed by atoms with Gasteiger partial charge in [0.05, 0.1) is 13.0 Å². The second-order valence-electron chi connectivity index (χ2n) is 6.39. The van der Waals surface area contributed by atoms with Crippen LogP contribution < -0.4 is 10.5 Å². The molecule has 0 aliphatic carbocycles. The van der Waals surface area contributed by atoms with E-state index in [1.54, 1.807) is 18.2 Å². The summed E-state index contributed by atoms with van der Waals surface area (Å²) in [5.74, 6) is 0.544. The molecule has 3 N–H and O–H groups in total. The van der Waals surface area contributed by atoms with Crippen LogP contribution in [-0.2, 0) is 4.79 Å². The van der Waals surface area contributed by atoms with Crippen molar-refractivity contribution in [2.45, 2.75) is 32.1 Å². The Hall–Kier alpha value is -2.95. The number of benzene rings is 2. The smallest absolute Gasteiger partial charge is 0.224 e. The maximum Gasteiger partial charge on any atom is 0.224 e. The van der Waals surface area contributed by atoms with Gasteiger partial charge in [0.1, 0.15) is 11.3 Å². The van der Waals surface area contributed by atoms with Crippen LogP contribution in [0.25, 0.3) is 22.3 Å². The number of amides is 1. The Morgan fingerprint density at radius 3 is 2.73 bits per heavy atom. The van der Waals surface area contributed by atoms with Crippen LogP contribution in [0, 0.1) is 0 Å². The summed E-state index contributed by atoms with van der Waals surface area (Å²) >= 11 is 0. The van der Waals surface area contributed by atoms with Crippen molar-refractivity contribution in [3.05, 3.63) is 48.0 Å². The van der Waals surface area contributed by atoms with Crippen LogP contribution in [0.2, 0.25) is 0 Å². The highest BCUT2D eigenvalue weighted by atomic mass is 16.5. The summed E-state index contributed by atoms with van der Waals surface area (Å²) in [4.78, 5) is 11.8. The van der Waals surface area contributed by atoms with Crippen LogP contribution in [0.15, 0.2) is 46.9 Å². The van der Waals surface area contributed by atoms with Crippen LogP contribution in [0.1, 0.15) is 37.7 Å². The summed E-state index contributed by atoms with van der Waals surface area (Å²) in [5, 5.41) is 10.7. The van der Waals surface area contributed by atoms with E-state index in [0.29, 0.717) is 11.5 Å². The standard InChI is InChI=1S/C21H23NO4/c1-3-4-5-16(21(22)24)13-7-9-18-15(10-13)12-19(26-18)14-6-8-17(23)20(11-14)25-2/h6-12,16,23H,3-5H2,1-2H3,(H2,22,24). The van der Waals surface area contributed by atoms with E-state index in [1.807, 2.05) is 24.3 Å². The molecule has 0 radical (unpaired) electrons. The Bertz CT molecular complexity index is 929. The number of fused-ring (bicyclic) bond motifs is 1. The zero-order valence-corrected chi connectivity index (χ0v) is 15.0. The minimum Gasteiger partial charge on any atom is -0.504 e. The number of hydrogen-bond donors (Lipinski definition) is 2. The highest BCUT2D eigenvalue weighted by molar-refractivity contribution is 5.87. The molecule has 2 aromatic carbocycles. The lowest BCUT2D eigenvalue weighted by Crippen LogP contribution is -2.21. The second-order valence-corrected chi connectivity index (χ2v) is 6.39. The van der Waals surface area contributed by atoms with E-state index in [0.717, 1.165) is 41.4 Å². The predicted octanol–water partition coefficient (Wildman–Crippen LogP) is 4.57. The van der Waals surface area contributed by atoms with Gasteiger partial charge in [0.2, 0.25) is 5.91 Å². The van der Waals surface area contributed by atoms with E-state index in [9.17, 15) is 9.90 Å². The number of ether oxygens (including phenoxy) is 1. The first-order chi connectivity index (χ1) is 12.5. The summed E-state index contributed by atoms with van der Waals surface area (Å²) in [5.41, 5.74) is 8.04. The van der Waals surface area contributed by atoms with Crippen molar-refractivity contribution in [2.75, 3.05) is 7.11 Å². The normalized spacial score (nSPS) is 12.2. The molecular formula is C21H23NO4. The second kappa shape index (κ2) is 7.52. The lowest BCUT2D eigenvalue weighted by molar-refractivity contribution is -0.119. The molecule has 3 rings (SSSR count). The number of furan rings is 1. The van der Waals surface area contributed by atoms with Gasteiger partial charge in [0.15, 0.2) is 11.5 Å². The fourth-order valence-corrected chi connectivity index (χ4v) is 3.13. The van der Waals surface area contributed by atoms with Crippen molar-refractivity contribution in [3.63, 3.8) is 0 Å². The third-order valence-electron chi connectivity index (χ3n) is 4.60. The largest absolute Gasteiger partial charge is 0.504 e. The average Bonchev–Trinajstić information content (AvgIpc) is 3.05. The molecule has 1 amide bonds. The molecule has 0 saturated carbocycles. The molecule has 26 heavy (non-hydrogen) atoms. The highest BCUT2D eigenvalue weighted by Gasteiger charge is 2.18. The van der Waals surface area contributed by atoms with Crippen LogP contribution in [-0.4, -0.2) is 18.1 Å². The maximum absolute atomic E-state index is 11.8. The van der Waals surface area contributed by atoms with Gasteiger partial charge in [0, 0.05) is 10.9 Å². The van der Waals surface area contributed by atoms with Crippen LogP contribution in [0.4, 0.5) is 0 Å². The van der Waals surface area contributed by atoms with Crippen LogP contribution in [0.3, 0.4) is 0 Å². The molecule has 0 fully saturated rings. The van der Waals surface area contributed by atoms with Crippen molar-refractivity contribution in [1.29, 1.82) is 0 Å². The minimum atomic E-state index is -0.301. The van der Waals surface area contributed by atoms with Crippen molar-refractivity contribution < 1.29 is 19.1 Å². The van der Waals surface area contributed by atoms with Gasteiger partial charge in [-0.2, -0.15) is 0 Å². The molecule has 0 aliphatic heterocycles. The first kappa shape index (κ1) is 17.9. The molecule has 136 valence electrons. The Kier molecular flexibility index (Phi) is 5.16. The van der Waals surface area contributed by atoms with E-state index in [2.05, 4.69) is 6.92 Å². The number of phenols is 1. The topological polar surface area (TPSA) is 85.7 Å². The number of unbranched alkanes of at least 4 members (excludes halogenated alkanes) is 1. The van der Waals surface area contributed by atoms with Crippen molar-refractivity contribution in [1.82, 2.24) is 0 Å². The number of nitrogens with two attached hydrogens (primary N) is 1. The first-order valence-corrected chi connectivity index (χ1v) is 8.73. The van der Waals surface area contributed by atoms with Gasteiger partial charge in [0.25, 0.3) is 0 Å². The molecule has 0 spiro atoms. The highest BCUT2D eigenvalue weighted by Crippen LogP contribution is 2.35. The minimum absolute atomic E-state index is 0.0786. The predicted molar refractivity (Wildman–Crippen MR) is 101 cm³/mol. The molecule has 1 aromatic heterocycles. The third-order valence-corrected chi connectivity index (χ3v) is 4.60. The summed E-state index contributed by atoms with van der Waals surface area (Å²) in [7, 11) is 1.50. The van der Waals surface area contributed by atoms with Gasteiger partial charge in [-0.1, -0.05) is 25.8 Å². The summed E-state index contributed by atoms with van der Waals surface area (Å²) in [6, 6.07) is 12.7. The number of hydrogen-bond acceptors (Lipinski definition) is 4. The summed E-state index contributed by atoms with van der Waals surface area (Å²) < 4.78 is 11.1. The lowest BCUT2D eigenvalue weighted by atomic mass is 9.92. The van der Waals surface area contributed by atoms with Crippen molar-refractivity contribution in [2.24, 2.45) is 5.73 Å². The van der Waals surface area contributed by atoms with Gasteiger partial charge < -0.3 is 20.0 Å². The van der Waals surface area contributed by atoms with E-state index in [4.69, 9.17) is 14.9 Å². The van der Waals surface area contributed by atoms with Gasteiger partial charge in [-0.3, -0.25) is 4.79 Å².